The first kappa shape index (κ1) is 11.3. The average molecular weight is 220 g/mol. The van der Waals surface area contributed by atoms with Crippen LogP contribution in [0.3, 0.4) is 0 Å². The van der Waals surface area contributed by atoms with Crippen LogP contribution < -0.4 is 10.2 Å². The van der Waals surface area contributed by atoms with Crippen molar-refractivity contribution in [3.63, 3.8) is 0 Å². The number of hydrogen-bond acceptors (Lipinski definition) is 4. The van der Waals surface area contributed by atoms with E-state index in [0.29, 0.717) is 6.04 Å². The Hall–Kier alpha value is -1.16. The van der Waals surface area contributed by atoms with Crippen molar-refractivity contribution in [2.45, 2.75) is 32.7 Å². The van der Waals surface area contributed by atoms with Crippen LogP contribution in [0.5, 0.6) is 0 Å². The fraction of sp³-hybridized carbons (Fsp3) is 0.667. The minimum Gasteiger partial charge on any atom is -0.351 e. The third-order valence-corrected chi connectivity index (χ3v) is 3.01. The molecule has 1 N–H and O–H groups in total. The monoisotopic (exact) mass is 220 g/mol. The second kappa shape index (κ2) is 5.25. The fourth-order valence-corrected chi connectivity index (χ4v) is 2.12. The van der Waals surface area contributed by atoms with Gasteiger partial charge in [-0.15, -0.1) is 0 Å². The molecule has 1 aromatic rings. The second-order valence-electron chi connectivity index (χ2n) is 4.36. The van der Waals surface area contributed by atoms with Crippen molar-refractivity contribution in [2.24, 2.45) is 0 Å². The number of aromatic nitrogens is 2. The van der Waals surface area contributed by atoms with Gasteiger partial charge in [0.2, 0.25) is 0 Å². The molecule has 0 saturated carbocycles. The lowest BCUT2D eigenvalue weighted by Gasteiger charge is -2.34. The predicted octanol–water partition coefficient (Wildman–Crippen LogP) is 1.23. The Bertz CT molecular complexity index is 340. The molecule has 0 bridgehead atoms. The topological polar surface area (TPSA) is 41.0 Å². The van der Waals surface area contributed by atoms with E-state index in [4.69, 9.17) is 0 Å². The number of nitrogens with one attached hydrogen (secondary N) is 1. The largest absolute Gasteiger partial charge is 0.351 e. The molecule has 2 heterocycles. The van der Waals surface area contributed by atoms with E-state index in [1.807, 2.05) is 0 Å². The first-order valence-corrected chi connectivity index (χ1v) is 6.09. The molecule has 1 saturated heterocycles. The van der Waals surface area contributed by atoms with Gasteiger partial charge in [-0.25, -0.2) is 9.97 Å². The zero-order valence-electron chi connectivity index (χ0n) is 10.1. The molecule has 1 aliphatic heterocycles. The van der Waals surface area contributed by atoms with Crippen molar-refractivity contribution in [1.29, 1.82) is 0 Å². The summed E-state index contributed by atoms with van der Waals surface area (Å²) < 4.78 is 0. The molecule has 1 unspecified atom stereocenters. The Morgan fingerprint density at radius 2 is 2.38 bits per heavy atom. The quantitative estimate of drug-likeness (QED) is 0.832. The van der Waals surface area contributed by atoms with Gasteiger partial charge in [0.1, 0.15) is 12.1 Å². The Kier molecular flexibility index (Phi) is 3.72. The maximum absolute atomic E-state index is 4.38. The molecule has 16 heavy (non-hydrogen) atoms. The molecular formula is C12H20N4. The van der Waals surface area contributed by atoms with Crippen molar-refractivity contribution in [1.82, 2.24) is 15.3 Å². The van der Waals surface area contributed by atoms with Crippen LogP contribution >= 0.6 is 0 Å². The highest BCUT2D eigenvalue weighted by Gasteiger charge is 2.19. The van der Waals surface area contributed by atoms with E-state index in [9.17, 15) is 0 Å². The summed E-state index contributed by atoms with van der Waals surface area (Å²) in [6.45, 7) is 7.51. The smallest absolute Gasteiger partial charge is 0.132 e. The predicted molar refractivity (Wildman–Crippen MR) is 65.7 cm³/mol. The molecule has 1 atom stereocenters. The molecule has 1 fully saturated rings. The zero-order valence-corrected chi connectivity index (χ0v) is 10.1. The number of rotatable bonds is 3. The van der Waals surface area contributed by atoms with Gasteiger partial charge < -0.3 is 10.2 Å². The molecule has 0 amide bonds. The molecule has 0 radical (unpaired) electrons. The average Bonchev–Trinajstić information content (AvgIpc) is 2.30. The molecule has 1 aliphatic rings. The van der Waals surface area contributed by atoms with Crippen molar-refractivity contribution in [3.8, 4) is 0 Å². The first-order valence-electron chi connectivity index (χ1n) is 6.09. The van der Waals surface area contributed by atoms with E-state index < -0.39 is 0 Å². The second-order valence-corrected chi connectivity index (χ2v) is 4.36. The summed E-state index contributed by atoms with van der Waals surface area (Å²) >= 11 is 0. The van der Waals surface area contributed by atoms with Crippen molar-refractivity contribution in [3.05, 3.63) is 18.1 Å². The fourth-order valence-electron chi connectivity index (χ4n) is 2.12. The summed E-state index contributed by atoms with van der Waals surface area (Å²) in [4.78, 5) is 11.0. The molecular weight excluding hydrogens is 200 g/mol. The third kappa shape index (κ3) is 2.50. The summed E-state index contributed by atoms with van der Waals surface area (Å²) in [6, 6.07) is 2.64. The molecule has 2 rings (SSSR count). The first-order chi connectivity index (χ1) is 7.81. The Balaban J connectivity index is 2.15. The van der Waals surface area contributed by atoms with Gasteiger partial charge in [0.05, 0.1) is 0 Å². The van der Waals surface area contributed by atoms with Crippen LogP contribution in [0.1, 0.15) is 26.0 Å². The number of piperazine rings is 1. The van der Waals surface area contributed by atoms with Gasteiger partial charge in [-0.3, -0.25) is 0 Å². The van der Waals surface area contributed by atoms with Crippen LogP contribution in [0.2, 0.25) is 0 Å². The maximum Gasteiger partial charge on any atom is 0.132 e. The molecule has 88 valence electrons. The van der Waals surface area contributed by atoms with E-state index in [1.54, 1.807) is 6.33 Å². The molecule has 0 aliphatic carbocycles. The van der Waals surface area contributed by atoms with E-state index >= 15 is 0 Å². The molecule has 0 aromatic carbocycles. The normalized spacial score (nSPS) is 21.1. The zero-order chi connectivity index (χ0) is 11.4. The van der Waals surface area contributed by atoms with Gasteiger partial charge in [-0.05, 0) is 13.3 Å². The van der Waals surface area contributed by atoms with Crippen LogP contribution in [-0.2, 0) is 6.42 Å². The van der Waals surface area contributed by atoms with E-state index in [0.717, 1.165) is 44.0 Å². The van der Waals surface area contributed by atoms with Gasteiger partial charge in [0.25, 0.3) is 0 Å². The highest BCUT2D eigenvalue weighted by atomic mass is 15.3. The van der Waals surface area contributed by atoms with Gasteiger partial charge in [-0.2, -0.15) is 0 Å². The van der Waals surface area contributed by atoms with Crippen LogP contribution in [-0.4, -0.2) is 35.6 Å². The van der Waals surface area contributed by atoms with E-state index in [1.165, 1.54) is 0 Å². The molecule has 4 heteroatoms. The summed E-state index contributed by atoms with van der Waals surface area (Å²) in [7, 11) is 0. The molecule has 4 nitrogen and oxygen atoms in total. The lowest BCUT2D eigenvalue weighted by molar-refractivity contribution is 0.496. The number of anilines is 1. The SMILES string of the molecule is CCCc1cc(N2CCNCC2C)ncn1. The minimum absolute atomic E-state index is 0.512. The number of hydrogen-bond donors (Lipinski definition) is 1. The molecule has 0 spiro atoms. The van der Waals surface area contributed by atoms with E-state index in [2.05, 4.69) is 40.1 Å². The van der Waals surface area contributed by atoms with Crippen LogP contribution in [0, 0.1) is 0 Å². The Morgan fingerprint density at radius 3 is 3.12 bits per heavy atom. The highest BCUT2D eigenvalue weighted by molar-refractivity contribution is 5.40. The summed E-state index contributed by atoms with van der Waals surface area (Å²) in [5.74, 6) is 1.08. The van der Waals surface area contributed by atoms with Gasteiger partial charge in [0.15, 0.2) is 0 Å². The van der Waals surface area contributed by atoms with Crippen LogP contribution in [0.15, 0.2) is 12.4 Å². The lowest BCUT2D eigenvalue weighted by atomic mass is 10.2. The van der Waals surface area contributed by atoms with Gasteiger partial charge >= 0.3 is 0 Å². The summed E-state index contributed by atoms with van der Waals surface area (Å²) in [6.07, 6.45) is 3.86. The van der Waals surface area contributed by atoms with Gasteiger partial charge in [0, 0.05) is 37.4 Å². The Morgan fingerprint density at radius 1 is 1.50 bits per heavy atom. The standard InChI is InChI=1S/C12H20N4/c1-3-4-11-7-12(15-9-14-11)16-6-5-13-8-10(16)2/h7,9-10,13H,3-6,8H2,1-2H3. The van der Waals surface area contributed by atoms with E-state index in [-0.39, 0.29) is 0 Å². The number of aryl methyl sites for hydroxylation is 1. The number of nitrogens with zero attached hydrogens (tertiary/aromatic N) is 3. The third-order valence-electron chi connectivity index (χ3n) is 3.01. The molecule has 1 aromatic heterocycles. The van der Waals surface area contributed by atoms with Crippen molar-refractivity contribution in [2.75, 3.05) is 24.5 Å². The van der Waals surface area contributed by atoms with Gasteiger partial charge in [-0.1, -0.05) is 13.3 Å². The van der Waals surface area contributed by atoms with Crippen LogP contribution in [0.4, 0.5) is 5.82 Å². The van der Waals surface area contributed by atoms with Crippen LogP contribution in [0.25, 0.3) is 0 Å². The van der Waals surface area contributed by atoms with Crippen molar-refractivity contribution < 1.29 is 0 Å². The Labute approximate surface area is 97.1 Å². The highest BCUT2D eigenvalue weighted by Crippen LogP contribution is 2.16. The summed E-state index contributed by atoms with van der Waals surface area (Å²) in [5, 5.41) is 3.39. The minimum atomic E-state index is 0.512. The summed E-state index contributed by atoms with van der Waals surface area (Å²) in [5.41, 5.74) is 1.15. The maximum atomic E-state index is 4.38. The van der Waals surface area contributed by atoms with Crippen molar-refractivity contribution >= 4 is 5.82 Å². The lowest BCUT2D eigenvalue weighted by Crippen LogP contribution is -2.50.